The molecule has 0 radical (unpaired) electrons. The van der Waals surface area contributed by atoms with Crippen LogP contribution in [0.4, 0.5) is 13.2 Å². The molecule has 4 nitrogen and oxygen atoms in total. The molecule has 0 amide bonds. The van der Waals surface area contributed by atoms with E-state index in [0.29, 0.717) is 19.5 Å². The van der Waals surface area contributed by atoms with Gasteiger partial charge < -0.3 is 9.72 Å². The van der Waals surface area contributed by atoms with Crippen molar-refractivity contribution in [2.45, 2.75) is 51.0 Å². The van der Waals surface area contributed by atoms with E-state index in [0.717, 1.165) is 28.7 Å². The maximum absolute atomic E-state index is 15.7. The van der Waals surface area contributed by atoms with E-state index in [4.69, 9.17) is 4.74 Å². The third-order valence-electron chi connectivity index (χ3n) is 7.02. The summed E-state index contributed by atoms with van der Waals surface area (Å²) in [6.45, 7) is 10.9. The molecule has 3 heterocycles. The van der Waals surface area contributed by atoms with Crippen molar-refractivity contribution < 1.29 is 17.9 Å². The summed E-state index contributed by atoms with van der Waals surface area (Å²) < 4.78 is 52.1. The van der Waals surface area contributed by atoms with Gasteiger partial charge in [0.25, 0.3) is 0 Å². The number of para-hydroxylation sites is 1. The normalized spacial score (nSPS) is 21.7. The number of aromatic nitrogens is 1. The lowest BCUT2D eigenvalue weighted by atomic mass is 9.87. The van der Waals surface area contributed by atoms with E-state index in [1.165, 1.54) is 26.0 Å². The summed E-state index contributed by atoms with van der Waals surface area (Å²) in [6.07, 6.45) is 2.37. The predicted octanol–water partition coefficient (Wildman–Crippen LogP) is 5.78. The predicted molar refractivity (Wildman–Crippen MR) is 133 cm³/mol. The summed E-state index contributed by atoms with van der Waals surface area (Å²) in [6, 6.07) is 9.48. The van der Waals surface area contributed by atoms with Gasteiger partial charge in [0.1, 0.15) is 29.2 Å². The number of aromatic amines is 1. The molecule has 1 aromatic heterocycles. The second-order valence-electron chi connectivity index (χ2n) is 10.5. The number of hydrogen-bond acceptors (Lipinski definition) is 3. The van der Waals surface area contributed by atoms with Crippen molar-refractivity contribution in [3.05, 3.63) is 77.5 Å². The standard InChI is InChI=1S/C28H32F3N3O/c1-5-10-33-14-19(15-33)35-18-12-22(29)25(23(30)13-18)27-26-21(20-8-6-7-9-24(20)32-26)11-17(2)34(27)16-28(3,4)31/h5-9,12-13,17,19,27,32H,1,10-11,14-16H2,2-4H3/t17-,27-/m1/s1. The number of H-pyrrole nitrogens is 1. The molecule has 1 fully saturated rings. The van der Waals surface area contributed by atoms with Gasteiger partial charge in [-0.05, 0) is 38.8 Å². The molecule has 7 heteroatoms. The number of hydrogen-bond donors (Lipinski definition) is 1. The van der Waals surface area contributed by atoms with Gasteiger partial charge in [0.05, 0.1) is 6.04 Å². The number of benzene rings is 2. The molecule has 5 rings (SSSR count). The Bertz CT molecular complexity index is 1220. The maximum Gasteiger partial charge on any atom is 0.135 e. The summed E-state index contributed by atoms with van der Waals surface area (Å²) in [5, 5.41) is 1.04. The van der Waals surface area contributed by atoms with Gasteiger partial charge in [0.15, 0.2) is 0 Å². The third-order valence-corrected chi connectivity index (χ3v) is 7.02. The van der Waals surface area contributed by atoms with Crippen LogP contribution in [0.25, 0.3) is 10.9 Å². The van der Waals surface area contributed by atoms with Crippen molar-refractivity contribution in [1.29, 1.82) is 0 Å². The Morgan fingerprint density at radius 1 is 1.17 bits per heavy atom. The maximum atomic E-state index is 15.7. The molecule has 2 atom stereocenters. The van der Waals surface area contributed by atoms with Crippen LogP contribution in [-0.4, -0.2) is 58.8 Å². The number of likely N-dealkylation sites (tertiary alicyclic amines) is 1. The molecule has 0 bridgehead atoms. The minimum absolute atomic E-state index is 0.0476. The average molecular weight is 484 g/mol. The first-order valence-electron chi connectivity index (χ1n) is 12.2. The lowest BCUT2D eigenvalue weighted by Crippen LogP contribution is -2.53. The molecular formula is C28H32F3N3O. The van der Waals surface area contributed by atoms with Crippen molar-refractivity contribution in [3.8, 4) is 5.75 Å². The van der Waals surface area contributed by atoms with Gasteiger partial charge in [-0.1, -0.05) is 24.3 Å². The second-order valence-corrected chi connectivity index (χ2v) is 10.5. The van der Waals surface area contributed by atoms with Crippen LogP contribution in [0.1, 0.15) is 43.6 Å². The van der Waals surface area contributed by atoms with E-state index in [2.05, 4.69) is 16.5 Å². The molecule has 186 valence electrons. The molecular weight excluding hydrogens is 451 g/mol. The van der Waals surface area contributed by atoms with Crippen LogP contribution in [0.3, 0.4) is 0 Å². The molecule has 0 saturated carbocycles. The molecule has 2 aliphatic heterocycles. The van der Waals surface area contributed by atoms with Gasteiger partial charge >= 0.3 is 0 Å². The van der Waals surface area contributed by atoms with Crippen molar-refractivity contribution in [3.63, 3.8) is 0 Å². The van der Waals surface area contributed by atoms with Crippen molar-refractivity contribution in [2.24, 2.45) is 0 Å². The van der Waals surface area contributed by atoms with Crippen molar-refractivity contribution in [1.82, 2.24) is 14.8 Å². The van der Waals surface area contributed by atoms with Crippen LogP contribution >= 0.6 is 0 Å². The molecule has 3 aromatic rings. The lowest BCUT2D eigenvalue weighted by molar-refractivity contribution is 0.0277. The highest BCUT2D eigenvalue weighted by atomic mass is 19.1. The zero-order valence-electron chi connectivity index (χ0n) is 20.5. The van der Waals surface area contributed by atoms with Gasteiger partial charge in [-0.15, -0.1) is 6.58 Å². The zero-order chi connectivity index (χ0) is 24.9. The van der Waals surface area contributed by atoms with Gasteiger partial charge in [-0.2, -0.15) is 0 Å². The van der Waals surface area contributed by atoms with Gasteiger partial charge in [-0.3, -0.25) is 9.80 Å². The van der Waals surface area contributed by atoms with E-state index in [1.807, 2.05) is 42.2 Å². The molecule has 0 unspecified atom stereocenters. The highest BCUT2D eigenvalue weighted by Crippen LogP contribution is 2.43. The minimum Gasteiger partial charge on any atom is -0.488 e. The number of nitrogens with one attached hydrogen (secondary N) is 1. The number of alkyl halides is 1. The summed E-state index contributed by atoms with van der Waals surface area (Å²) in [5.41, 5.74) is 1.04. The highest BCUT2D eigenvalue weighted by Gasteiger charge is 2.41. The fraction of sp³-hybridized carbons (Fsp3) is 0.429. The number of halogens is 3. The number of ether oxygens (including phenoxy) is 1. The van der Waals surface area contributed by atoms with Crippen molar-refractivity contribution >= 4 is 10.9 Å². The van der Waals surface area contributed by atoms with Crippen LogP contribution in [0.2, 0.25) is 0 Å². The van der Waals surface area contributed by atoms with Crippen LogP contribution in [0.5, 0.6) is 5.75 Å². The number of nitrogens with zero attached hydrogens (tertiary/aromatic N) is 2. The Morgan fingerprint density at radius 2 is 1.86 bits per heavy atom. The Morgan fingerprint density at radius 3 is 2.51 bits per heavy atom. The minimum atomic E-state index is -1.53. The topological polar surface area (TPSA) is 31.5 Å². The first-order chi connectivity index (χ1) is 16.6. The SMILES string of the molecule is C=CCN1CC(Oc2cc(F)c([C@@H]3c4[nH]c5ccccc5c4C[C@@H](C)N3CC(C)(C)F)c(F)c2)C1. The first-order valence-corrected chi connectivity index (χ1v) is 12.2. The number of rotatable bonds is 7. The largest absolute Gasteiger partial charge is 0.488 e. The third kappa shape index (κ3) is 4.59. The van der Waals surface area contributed by atoms with E-state index in [-0.39, 0.29) is 30.0 Å². The Hall–Kier alpha value is -2.77. The molecule has 2 aliphatic rings. The van der Waals surface area contributed by atoms with E-state index in [1.54, 1.807) is 0 Å². The smallest absolute Gasteiger partial charge is 0.135 e. The van der Waals surface area contributed by atoms with E-state index >= 15 is 8.78 Å². The van der Waals surface area contributed by atoms with Crippen molar-refractivity contribution in [2.75, 3.05) is 26.2 Å². The number of fused-ring (bicyclic) bond motifs is 3. The van der Waals surface area contributed by atoms with E-state index in [9.17, 15) is 4.39 Å². The van der Waals surface area contributed by atoms with Crippen LogP contribution in [0, 0.1) is 11.6 Å². The van der Waals surface area contributed by atoms with Crippen LogP contribution in [-0.2, 0) is 6.42 Å². The first kappa shape index (κ1) is 23.9. The Balaban J connectivity index is 1.54. The average Bonchev–Trinajstić information content (AvgIpc) is 3.11. The van der Waals surface area contributed by atoms with Crippen LogP contribution < -0.4 is 4.74 Å². The fourth-order valence-corrected chi connectivity index (χ4v) is 5.51. The lowest BCUT2D eigenvalue weighted by Gasteiger charge is -2.43. The molecule has 0 spiro atoms. The molecule has 35 heavy (non-hydrogen) atoms. The molecule has 1 saturated heterocycles. The zero-order valence-corrected chi connectivity index (χ0v) is 20.5. The quantitative estimate of drug-likeness (QED) is 0.433. The van der Waals surface area contributed by atoms with Crippen LogP contribution in [0.15, 0.2) is 49.1 Å². The molecule has 0 aliphatic carbocycles. The van der Waals surface area contributed by atoms with Gasteiger partial charge in [-0.25, -0.2) is 13.2 Å². The molecule has 1 N–H and O–H groups in total. The summed E-state index contributed by atoms with van der Waals surface area (Å²) in [7, 11) is 0. The fourth-order valence-electron chi connectivity index (χ4n) is 5.51. The second kappa shape index (κ2) is 9.03. The van der Waals surface area contributed by atoms with Gasteiger partial charge in [0.2, 0.25) is 0 Å². The summed E-state index contributed by atoms with van der Waals surface area (Å²) in [4.78, 5) is 7.40. The van der Waals surface area contributed by atoms with Gasteiger partial charge in [0, 0.05) is 66.5 Å². The Labute approximate surface area is 204 Å². The Kier molecular flexibility index (Phi) is 6.18. The highest BCUT2D eigenvalue weighted by molar-refractivity contribution is 5.85. The monoisotopic (exact) mass is 483 g/mol. The summed E-state index contributed by atoms with van der Waals surface area (Å²) in [5.74, 6) is -1.20. The molecule has 2 aromatic carbocycles. The summed E-state index contributed by atoms with van der Waals surface area (Å²) >= 11 is 0. The van der Waals surface area contributed by atoms with E-state index < -0.39 is 23.3 Å².